The number of methoxy groups -OCH3 is 4. The minimum Gasteiger partial charge on any atom is -0.453 e. The Balaban J connectivity index is 1.01. The van der Waals surface area contributed by atoms with Gasteiger partial charge in [-0.2, -0.15) is 0 Å². The van der Waals surface area contributed by atoms with Crippen molar-refractivity contribution in [3.05, 3.63) is 95.0 Å². The van der Waals surface area contributed by atoms with Crippen molar-refractivity contribution >= 4 is 54.5 Å². The molecule has 76 heavy (non-hydrogen) atoms. The van der Waals surface area contributed by atoms with Crippen molar-refractivity contribution in [2.24, 2.45) is 0 Å². The summed E-state index contributed by atoms with van der Waals surface area (Å²) in [5.74, 6) is -1.51. The number of hydrogen-bond donors (Lipinski definition) is 4. The van der Waals surface area contributed by atoms with E-state index in [1.54, 1.807) is 35.9 Å². The summed E-state index contributed by atoms with van der Waals surface area (Å²) in [6.45, 7) is 9.99. The molecule has 4 amide bonds. The number of hydrogen-bond acceptors (Lipinski definition) is 12. The Labute approximate surface area is 441 Å². The number of benzene rings is 3. The summed E-state index contributed by atoms with van der Waals surface area (Å²) < 4.78 is 70.5. The SMILES string of the molecule is COC(=O)N[C@H](C(=O)N1CCCC1c1nc2cc([C@H]3CC[C@H](c4ccc(-c5cnc([C@@H]6CCCN6C(=O)[C@@H](NC(=O)OC)[C@@H](C)OC)[nH]5)cc4)N3c3cc(F)c(N4CC[Si](C)(C)CC4)c(F)c3)c(F)cc2[nH]1)[C@@H](C)OC. The topological polar surface area (TPSA) is 200 Å². The number of rotatable bonds is 15. The summed E-state index contributed by atoms with van der Waals surface area (Å²) in [7, 11) is 3.92. The predicted molar refractivity (Wildman–Crippen MR) is 282 cm³/mol. The highest BCUT2D eigenvalue weighted by molar-refractivity contribution is 6.77. The summed E-state index contributed by atoms with van der Waals surface area (Å²) in [6.07, 6.45) is 2.51. The largest absolute Gasteiger partial charge is 0.453 e. The zero-order chi connectivity index (χ0) is 54.2. The first kappa shape index (κ1) is 54.1. The number of H-pyrrole nitrogens is 2. The molecular formula is C54H69F3N10O8Si. The van der Waals surface area contributed by atoms with Gasteiger partial charge in [0.15, 0.2) is 11.6 Å². The van der Waals surface area contributed by atoms with Crippen molar-refractivity contribution in [1.29, 1.82) is 0 Å². The fourth-order valence-electron chi connectivity index (χ4n) is 11.6. The lowest BCUT2D eigenvalue weighted by Gasteiger charge is -2.38. The van der Waals surface area contributed by atoms with Crippen LogP contribution in [0.5, 0.6) is 0 Å². The van der Waals surface area contributed by atoms with Gasteiger partial charge in [-0.15, -0.1) is 0 Å². The molecule has 4 saturated heterocycles. The van der Waals surface area contributed by atoms with Gasteiger partial charge in [0.05, 0.1) is 81.6 Å². The highest BCUT2D eigenvalue weighted by Gasteiger charge is 2.42. The molecule has 1 unspecified atom stereocenters. The van der Waals surface area contributed by atoms with Crippen molar-refractivity contribution in [1.82, 2.24) is 40.4 Å². The van der Waals surface area contributed by atoms with E-state index in [4.69, 9.17) is 28.9 Å². The zero-order valence-electron chi connectivity index (χ0n) is 44.4. The van der Waals surface area contributed by atoms with Crippen LogP contribution in [-0.2, 0) is 28.5 Å². The van der Waals surface area contributed by atoms with Gasteiger partial charge in [-0.05, 0) is 99.9 Å². The van der Waals surface area contributed by atoms with Gasteiger partial charge in [0, 0.05) is 51.6 Å². The summed E-state index contributed by atoms with van der Waals surface area (Å²) in [6, 6.07) is 11.5. The van der Waals surface area contributed by atoms with Crippen LogP contribution < -0.4 is 20.4 Å². The van der Waals surface area contributed by atoms with Crippen LogP contribution in [0.15, 0.2) is 54.7 Å². The quantitative estimate of drug-likeness (QED) is 0.0728. The lowest BCUT2D eigenvalue weighted by molar-refractivity contribution is -0.138. The molecular weight excluding hydrogens is 1000 g/mol. The van der Waals surface area contributed by atoms with Gasteiger partial charge in [-0.1, -0.05) is 37.4 Å². The molecule has 0 spiro atoms. The van der Waals surface area contributed by atoms with E-state index < -0.39 is 80.1 Å². The molecule has 0 aliphatic carbocycles. The predicted octanol–water partition coefficient (Wildman–Crippen LogP) is 8.83. The second-order valence-electron chi connectivity index (χ2n) is 21.2. The van der Waals surface area contributed by atoms with Crippen LogP contribution in [0, 0.1) is 17.5 Å². The van der Waals surface area contributed by atoms with Crippen LogP contribution in [0.25, 0.3) is 22.3 Å². The third-order valence-electron chi connectivity index (χ3n) is 16.1. The normalized spacial score (nSPS) is 22.1. The number of nitrogens with one attached hydrogen (secondary N) is 4. The third kappa shape index (κ3) is 10.8. The molecule has 3 aromatic carbocycles. The van der Waals surface area contributed by atoms with Gasteiger partial charge >= 0.3 is 12.2 Å². The molecule has 18 nitrogen and oxygen atoms in total. The molecule has 8 atom stereocenters. The van der Waals surface area contributed by atoms with E-state index in [-0.39, 0.29) is 29.2 Å². The first-order chi connectivity index (χ1) is 36.4. The van der Waals surface area contributed by atoms with Crippen LogP contribution in [0.3, 0.4) is 0 Å². The van der Waals surface area contributed by atoms with Gasteiger partial charge < -0.3 is 59.1 Å². The van der Waals surface area contributed by atoms with Gasteiger partial charge in [-0.25, -0.2) is 32.7 Å². The Morgan fingerprint density at radius 3 is 1.79 bits per heavy atom. The average molecular weight is 1070 g/mol. The number of carbonyl (C=O) groups excluding carboxylic acids is 4. The Morgan fingerprint density at radius 2 is 1.24 bits per heavy atom. The maximum Gasteiger partial charge on any atom is 0.407 e. The minimum absolute atomic E-state index is 0.0451. The Bertz CT molecular complexity index is 2910. The van der Waals surface area contributed by atoms with E-state index in [2.05, 4.69) is 33.7 Å². The summed E-state index contributed by atoms with van der Waals surface area (Å²) in [5.41, 5.74) is 3.79. The second kappa shape index (κ2) is 22.5. The number of anilines is 2. The van der Waals surface area contributed by atoms with Crippen LogP contribution in [0.4, 0.5) is 34.1 Å². The van der Waals surface area contributed by atoms with Crippen LogP contribution in [-0.4, -0.2) is 141 Å². The van der Waals surface area contributed by atoms with E-state index in [0.29, 0.717) is 92.2 Å². The van der Waals surface area contributed by atoms with Crippen molar-refractivity contribution in [3.8, 4) is 11.3 Å². The molecule has 0 radical (unpaired) electrons. The molecule has 5 aromatic rings. The maximum atomic E-state index is 16.9. The third-order valence-corrected chi connectivity index (χ3v) is 19.3. The molecule has 4 fully saturated rings. The lowest BCUT2D eigenvalue weighted by atomic mass is 10.0. The van der Waals surface area contributed by atoms with E-state index >= 15 is 13.2 Å². The fourth-order valence-corrected chi connectivity index (χ4v) is 13.6. The Hall–Kier alpha value is -6.65. The molecule has 0 saturated carbocycles. The van der Waals surface area contributed by atoms with Crippen molar-refractivity contribution in [2.45, 2.75) is 126 Å². The summed E-state index contributed by atoms with van der Waals surface area (Å²) >= 11 is 0. The minimum atomic E-state index is -1.45. The number of nitrogens with zero attached hydrogens (tertiary/aromatic N) is 6. The molecule has 6 heterocycles. The number of aromatic nitrogens is 4. The molecule has 4 aliphatic rings. The van der Waals surface area contributed by atoms with E-state index in [1.165, 1.54) is 46.6 Å². The fraction of sp³-hybridized carbons (Fsp3) is 0.519. The first-order valence-electron chi connectivity index (χ1n) is 26.2. The summed E-state index contributed by atoms with van der Waals surface area (Å²) in [4.78, 5) is 75.7. The number of aromatic amines is 2. The average Bonchev–Trinajstić information content (AvgIpc) is 4.30. The monoisotopic (exact) mass is 1070 g/mol. The van der Waals surface area contributed by atoms with Gasteiger partial charge in [0.25, 0.3) is 0 Å². The van der Waals surface area contributed by atoms with Crippen LogP contribution in [0.1, 0.15) is 99.3 Å². The van der Waals surface area contributed by atoms with Gasteiger partial charge in [0.1, 0.15) is 35.2 Å². The van der Waals surface area contributed by atoms with E-state index in [9.17, 15) is 19.2 Å². The number of ether oxygens (including phenoxy) is 4. The van der Waals surface area contributed by atoms with Crippen molar-refractivity contribution in [2.75, 3.05) is 64.4 Å². The molecule has 2 aromatic heterocycles. The van der Waals surface area contributed by atoms with Gasteiger partial charge in [0.2, 0.25) is 11.8 Å². The first-order valence-corrected chi connectivity index (χ1v) is 29.6. The highest BCUT2D eigenvalue weighted by atomic mass is 28.3. The molecule has 0 bridgehead atoms. The number of alkyl carbamates (subject to hydrolysis) is 2. The molecule has 22 heteroatoms. The molecule has 408 valence electrons. The number of halogens is 3. The van der Waals surface area contributed by atoms with Crippen LogP contribution in [0.2, 0.25) is 25.2 Å². The van der Waals surface area contributed by atoms with Crippen molar-refractivity contribution in [3.63, 3.8) is 0 Å². The van der Waals surface area contributed by atoms with E-state index in [1.807, 2.05) is 34.1 Å². The Kier molecular flexibility index (Phi) is 16.0. The smallest absolute Gasteiger partial charge is 0.407 e. The zero-order valence-corrected chi connectivity index (χ0v) is 45.4. The van der Waals surface area contributed by atoms with Gasteiger partial charge in [-0.3, -0.25) is 9.59 Å². The second-order valence-corrected chi connectivity index (χ2v) is 26.6. The number of carbonyl (C=O) groups is 4. The molecule has 9 rings (SSSR count). The highest BCUT2D eigenvalue weighted by Crippen LogP contribution is 2.49. The van der Waals surface area contributed by atoms with E-state index in [0.717, 1.165) is 29.6 Å². The lowest BCUT2D eigenvalue weighted by Crippen LogP contribution is -2.54. The standard InChI is InChI=1S/C54H69F3N10O8Si/c1-30(72-3)46(62-53(70)74-5)51(68)65-19-9-11-44(65)49-58-29-41(61-49)32-13-15-33(16-14-32)42-17-18-43(67(42)34-25-37(56)48(38(57)26-34)64-21-23-76(7,8)24-22-64)35-27-39-40(28-36(35)55)60-50(59-39)45-12-10-20-66(45)52(69)47(31(2)73-4)63-54(71)75-6/h13-16,25-31,42-47H,9-12,17-24H2,1-8H3,(H,58,61)(H,59,60)(H,62,70)(H,63,71)/t30-,31-,42-,43-,44+,45?,46+,47+/m1/s1. The number of likely N-dealkylation sites (tertiary alicyclic amines) is 2. The molecule has 4 aliphatic heterocycles. The number of fused-ring (bicyclic) bond motifs is 1. The van der Waals surface area contributed by atoms with Crippen LogP contribution >= 0.6 is 0 Å². The maximum absolute atomic E-state index is 16.9. The molecule has 4 N–H and O–H groups in total. The summed E-state index contributed by atoms with van der Waals surface area (Å²) in [5, 5.41) is 5.21. The Morgan fingerprint density at radius 1 is 0.684 bits per heavy atom. The number of imidazole rings is 2. The number of amides is 4. The van der Waals surface area contributed by atoms with Crippen molar-refractivity contribution < 1.29 is 51.3 Å².